The molecule has 1 fully saturated rings. The highest BCUT2D eigenvalue weighted by Crippen LogP contribution is 2.27. The van der Waals surface area contributed by atoms with E-state index in [1.807, 2.05) is 0 Å². The summed E-state index contributed by atoms with van der Waals surface area (Å²) >= 11 is 1.74. The summed E-state index contributed by atoms with van der Waals surface area (Å²) < 4.78 is 0. The number of aromatic nitrogens is 1. The number of rotatable bonds is 4. The topological polar surface area (TPSA) is 24.9 Å². The molecule has 1 aromatic rings. The molecule has 2 nitrogen and oxygen atoms in total. The molecule has 1 N–H and O–H groups in total. The molecule has 0 amide bonds. The zero-order valence-corrected chi connectivity index (χ0v) is 12.0. The van der Waals surface area contributed by atoms with Gasteiger partial charge in [0.15, 0.2) is 0 Å². The lowest BCUT2D eigenvalue weighted by Crippen LogP contribution is -2.36. The Hall–Kier alpha value is -0.410. The number of hydrogen-bond donors (Lipinski definition) is 1. The molecule has 96 valence electrons. The first-order valence-electron chi connectivity index (χ1n) is 6.85. The van der Waals surface area contributed by atoms with Crippen molar-refractivity contribution in [3.63, 3.8) is 0 Å². The third-order valence-corrected chi connectivity index (χ3v) is 4.74. The molecule has 1 heterocycles. The molecule has 0 aliphatic heterocycles. The van der Waals surface area contributed by atoms with Crippen molar-refractivity contribution in [3.05, 3.63) is 16.1 Å². The van der Waals surface area contributed by atoms with Crippen molar-refractivity contribution in [2.45, 2.75) is 65.0 Å². The SMILES string of the molecule is Cc1nc(C(C)N[C@H](C)C2CCCCC2)cs1. The lowest BCUT2D eigenvalue weighted by Gasteiger charge is -2.30. The van der Waals surface area contributed by atoms with Crippen LogP contribution in [-0.2, 0) is 0 Å². The van der Waals surface area contributed by atoms with Gasteiger partial charge in [0.2, 0.25) is 0 Å². The number of nitrogens with one attached hydrogen (secondary N) is 1. The van der Waals surface area contributed by atoms with Crippen molar-refractivity contribution in [2.75, 3.05) is 0 Å². The van der Waals surface area contributed by atoms with E-state index in [-0.39, 0.29) is 0 Å². The van der Waals surface area contributed by atoms with Crippen LogP contribution < -0.4 is 5.32 Å². The third-order valence-electron chi connectivity index (χ3n) is 3.95. The van der Waals surface area contributed by atoms with Gasteiger partial charge in [-0.05, 0) is 39.5 Å². The second kappa shape index (κ2) is 5.96. The van der Waals surface area contributed by atoms with E-state index in [0.29, 0.717) is 12.1 Å². The monoisotopic (exact) mass is 252 g/mol. The van der Waals surface area contributed by atoms with Gasteiger partial charge < -0.3 is 5.32 Å². The van der Waals surface area contributed by atoms with Crippen LogP contribution in [0.25, 0.3) is 0 Å². The highest BCUT2D eigenvalue weighted by molar-refractivity contribution is 7.09. The molecular formula is C14H24N2S. The van der Waals surface area contributed by atoms with Crippen LogP contribution in [0.4, 0.5) is 0 Å². The minimum atomic E-state index is 0.386. The molecule has 0 aromatic carbocycles. The van der Waals surface area contributed by atoms with Gasteiger partial charge in [0.1, 0.15) is 0 Å². The predicted molar refractivity (Wildman–Crippen MR) is 74.4 cm³/mol. The average molecular weight is 252 g/mol. The smallest absolute Gasteiger partial charge is 0.0898 e. The van der Waals surface area contributed by atoms with Crippen LogP contribution in [0.1, 0.15) is 62.7 Å². The van der Waals surface area contributed by atoms with Crippen molar-refractivity contribution in [3.8, 4) is 0 Å². The number of hydrogen-bond acceptors (Lipinski definition) is 3. The lowest BCUT2D eigenvalue weighted by molar-refractivity contribution is 0.267. The molecule has 17 heavy (non-hydrogen) atoms. The minimum Gasteiger partial charge on any atom is -0.306 e. The normalized spacial score (nSPS) is 21.4. The van der Waals surface area contributed by atoms with E-state index in [0.717, 1.165) is 5.92 Å². The molecule has 2 atom stereocenters. The van der Waals surface area contributed by atoms with E-state index in [2.05, 4.69) is 36.5 Å². The predicted octanol–water partition coefficient (Wildman–Crippen LogP) is 4.07. The molecule has 1 unspecified atom stereocenters. The molecule has 0 saturated heterocycles. The molecule has 0 radical (unpaired) electrons. The average Bonchev–Trinajstić information content (AvgIpc) is 2.77. The first-order valence-corrected chi connectivity index (χ1v) is 7.73. The molecule has 1 saturated carbocycles. The van der Waals surface area contributed by atoms with Gasteiger partial charge >= 0.3 is 0 Å². The maximum absolute atomic E-state index is 4.56. The highest BCUT2D eigenvalue weighted by atomic mass is 32.1. The van der Waals surface area contributed by atoms with E-state index in [1.54, 1.807) is 11.3 Å². The van der Waals surface area contributed by atoms with Gasteiger partial charge in [-0.2, -0.15) is 0 Å². The Labute approximate surface area is 109 Å². The highest BCUT2D eigenvalue weighted by Gasteiger charge is 2.22. The molecule has 0 bridgehead atoms. The Morgan fingerprint density at radius 3 is 2.59 bits per heavy atom. The van der Waals surface area contributed by atoms with Gasteiger partial charge in [0.05, 0.1) is 10.7 Å². The lowest BCUT2D eigenvalue weighted by atomic mass is 9.84. The maximum Gasteiger partial charge on any atom is 0.0898 e. The summed E-state index contributed by atoms with van der Waals surface area (Å²) in [4.78, 5) is 4.56. The van der Waals surface area contributed by atoms with Gasteiger partial charge in [-0.15, -0.1) is 11.3 Å². The summed E-state index contributed by atoms with van der Waals surface area (Å²) in [6, 6.07) is 1.00. The summed E-state index contributed by atoms with van der Waals surface area (Å²) in [6.07, 6.45) is 7.07. The second-order valence-electron chi connectivity index (χ2n) is 5.37. The van der Waals surface area contributed by atoms with E-state index >= 15 is 0 Å². The Balaban J connectivity index is 1.87. The largest absolute Gasteiger partial charge is 0.306 e. The molecule has 2 rings (SSSR count). The Morgan fingerprint density at radius 1 is 1.29 bits per heavy atom. The van der Waals surface area contributed by atoms with Gasteiger partial charge in [-0.1, -0.05) is 19.3 Å². The van der Waals surface area contributed by atoms with Crippen LogP contribution in [0, 0.1) is 12.8 Å². The van der Waals surface area contributed by atoms with Crippen molar-refractivity contribution >= 4 is 11.3 Å². The van der Waals surface area contributed by atoms with Crippen molar-refractivity contribution in [1.29, 1.82) is 0 Å². The summed E-state index contributed by atoms with van der Waals surface area (Å²) in [5.41, 5.74) is 1.20. The fourth-order valence-electron chi connectivity index (χ4n) is 2.83. The van der Waals surface area contributed by atoms with Crippen LogP contribution in [0.15, 0.2) is 5.38 Å². The van der Waals surface area contributed by atoms with Crippen LogP contribution >= 0.6 is 11.3 Å². The van der Waals surface area contributed by atoms with Crippen molar-refractivity contribution in [2.24, 2.45) is 5.92 Å². The first kappa shape index (κ1) is 13.0. The zero-order valence-electron chi connectivity index (χ0n) is 11.2. The zero-order chi connectivity index (χ0) is 12.3. The standard InChI is InChI=1S/C14H24N2S/c1-10(13-7-5-4-6-8-13)15-11(2)14-9-17-12(3)16-14/h9-11,13,15H,4-8H2,1-3H3/t10-,11?/m1/s1. The number of nitrogens with zero attached hydrogens (tertiary/aromatic N) is 1. The number of thiazole rings is 1. The minimum absolute atomic E-state index is 0.386. The van der Waals surface area contributed by atoms with Gasteiger partial charge in [0, 0.05) is 17.5 Å². The van der Waals surface area contributed by atoms with Crippen molar-refractivity contribution < 1.29 is 0 Å². The maximum atomic E-state index is 4.56. The van der Waals surface area contributed by atoms with E-state index < -0.39 is 0 Å². The summed E-state index contributed by atoms with van der Waals surface area (Å²) in [6.45, 7) is 6.64. The van der Waals surface area contributed by atoms with E-state index in [1.165, 1.54) is 42.8 Å². The van der Waals surface area contributed by atoms with Crippen LogP contribution in [0.2, 0.25) is 0 Å². The fourth-order valence-corrected chi connectivity index (χ4v) is 3.54. The molecule has 3 heteroatoms. The second-order valence-corrected chi connectivity index (χ2v) is 6.43. The quantitative estimate of drug-likeness (QED) is 0.873. The van der Waals surface area contributed by atoms with Crippen molar-refractivity contribution in [1.82, 2.24) is 10.3 Å². The van der Waals surface area contributed by atoms with E-state index in [9.17, 15) is 0 Å². The van der Waals surface area contributed by atoms with E-state index in [4.69, 9.17) is 0 Å². The Morgan fingerprint density at radius 2 is 2.00 bits per heavy atom. The third kappa shape index (κ3) is 3.52. The fraction of sp³-hybridized carbons (Fsp3) is 0.786. The van der Waals surface area contributed by atoms with Gasteiger partial charge in [-0.3, -0.25) is 0 Å². The Kier molecular flexibility index (Phi) is 4.57. The first-order chi connectivity index (χ1) is 8.16. The molecule has 1 aliphatic rings. The molecule has 1 aromatic heterocycles. The Bertz CT molecular complexity index is 342. The molecular weight excluding hydrogens is 228 g/mol. The number of aryl methyl sites for hydroxylation is 1. The van der Waals surface area contributed by atoms with Gasteiger partial charge in [-0.25, -0.2) is 4.98 Å². The van der Waals surface area contributed by atoms with Gasteiger partial charge in [0.25, 0.3) is 0 Å². The molecule has 0 spiro atoms. The molecule has 1 aliphatic carbocycles. The summed E-state index contributed by atoms with van der Waals surface area (Å²) in [7, 11) is 0. The van der Waals surface area contributed by atoms with Crippen LogP contribution in [0.3, 0.4) is 0 Å². The summed E-state index contributed by atoms with van der Waals surface area (Å²) in [5.74, 6) is 0.867. The summed E-state index contributed by atoms with van der Waals surface area (Å²) in [5, 5.41) is 7.07. The van der Waals surface area contributed by atoms with Crippen LogP contribution in [0.5, 0.6) is 0 Å². The van der Waals surface area contributed by atoms with Crippen LogP contribution in [-0.4, -0.2) is 11.0 Å².